The molecule has 0 amide bonds. The van der Waals surface area contributed by atoms with Gasteiger partial charge in [0.2, 0.25) is 0 Å². The van der Waals surface area contributed by atoms with Gasteiger partial charge in [-0.2, -0.15) is 0 Å². The van der Waals surface area contributed by atoms with Crippen molar-refractivity contribution in [3.63, 3.8) is 0 Å². The smallest absolute Gasteiger partial charge is 0.188 e. The van der Waals surface area contributed by atoms with E-state index in [1.54, 1.807) is 0 Å². The summed E-state index contributed by atoms with van der Waals surface area (Å²) in [6.45, 7) is 19.7. The molecule has 9 rings (SSSR count). The second kappa shape index (κ2) is 9.35. The molecule has 8 aromatic rings. The van der Waals surface area contributed by atoms with Crippen molar-refractivity contribution in [2.24, 2.45) is 0 Å². The summed E-state index contributed by atoms with van der Waals surface area (Å²) in [7, 11) is 0. The van der Waals surface area contributed by atoms with E-state index < -0.39 is 0 Å². The zero-order chi connectivity index (χ0) is 31.2. The van der Waals surface area contributed by atoms with Crippen LogP contribution in [0.5, 0.6) is 0 Å². The molecule has 216 valence electrons. The third-order valence-electron chi connectivity index (χ3n) is 9.58. The quantitative estimate of drug-likeness (QED) is 0.188. The summed E-state index contributed by atoms with van der Waals surface area (Å²) in [4.78, 5) is 9.70. The van der Waals surface area contributed by atoms with E-state index in [-0.39, 0.29) is 5.41 Å². The fraction of sp³-hybridized carbons (Fsp3) is 0.0732. The Bertz CT molecular complexity index is 2540. The van der Waals surface area contributed by atoms with Crippen LogP contribution in [0.15, 0.2) is 126 Å². The lowest BCUT2D eigenvalue weighted by molar-refractivity contribution is 0.632. The number of benzene rings is 6. The SMILES string of the molecule is [C-]#[N+]c1ccc2c(c1)c1cc([N+]#[C-])ccc1n2-c1ccc2oc3ccc(N4c5ccccc5C(C)(C)c5ccccc54)cc3c2c1. The first-order chi connectivity index (χ1) is 22.5. The molecule has 1 aliphatic heterocycles. The van der Waals surface area contributed by atoms with Crippen molar-refractivity contribution in [1.29, 1.82) is 0 Å². The first kappa shape index (κ1) is 26.1. The molecule has 0 aliphatic carbocycles. The topological polar surface area (TPSA) is 30.0 Å². The number of fused-ring (bicyclic) bond motifs is 8. The number of para-hydroxylation sites is 2. The van der Waals surface area contributed by atoms with Crippen LogP contribution in [0.3, 0.4) is 0 Å². The molecule has 0 bridgehead atoms. The molecule has 5 heteroatoms. The molecule has 0 spiro atoms. The van der Waals surface area contributed by atoms with Gasteiger partial charge in [-0.15, -0.1) is 0 Å². The normalized spacial score (nSPS) is 13.5. The summed E-state index contributed by atoms with van der Waals surface area (Å²) in [6, 6.07) is 41.7. The summed E-state index contributed by atoms with van der Waals surface area (Å²) in [5.41, 5.74) is 11.7. The average molecular weight is 591 g/mol. The molecule has 3 heterocycles. The highest BCUT2D eigenvalue weighted by Crippen LogP contribution is 2.52. The third-order valence-corrected chi connectivity index (χ3v) is 9.58. The Kier molecular flexibility index (Phi) is 5.31. The summed E-state index contributed by atoms with van der Waals surface area (Å²) < 4.78 is 8.60. The number of rotatable bonds is 2. The molecule has 5 nitrogen and oxygen atoms in total. The minimum atomic E-state index is -0.127. The Balaban J connectivity index is 1.27. The first-order valence-corrected chi connectivity index (χ1v) is 15.3. The van der Waals surface area contributed by atoms with Gasteiger partial charge in [0.15, 0.2) is 11.4 Å². The van der Waals surface area contributed by atoms with Crippen LogP contribution < -0.4 is 4.90 Å². The number of hydrogen-bond acceptors (Lipinski definition) is 2. The van der Waals surface area contributed by atoms with Gasteiger partial charge in [-0.25, -0.2) is 9.69 Å². The van der Waals surface area contributed by atoms with Gasteiger partial charge in [0.1, 0.15) is 11.2 Å². The molecule has 1 aliphatic rings. The summed E-state index contributed by atoms with van der Waals surface area (Å²) in [5.74, 6) is 0. The largest absolute Gasteiger partial charge is 0.456 e. The fourth-order valence-electron chi connectivity index (χ4n) is 7.40. The van der Waals surface area contributed by atoms with Crippen LogP contribution in [0, 0.1) is 13.1 Å². The zero-order valence-corrected chi connectivity index (χ0v) is 25.2. The number of aromatic nitrogens is 1. The molecule has 0 N–H and O–H groups in total. The van der Waals surface area contributed by atoms with E-state index in [2.05, 4.69) is 112 Å². The van der Waals surface area contributed by atoms with Crippen molar-refractivity contribution in [2.75, 3.05) is 4.90 Å². The highest BCUT2D eigenvalue weighted by atomic mass is 16.3. The summed E-state index contributed by atoms with van der Waals surface area (Å²) in [5, 5.41) is 3.98. The summed E-state index contributed by atoms with van der Waals surface area (Å²) >= 11 is 0. The predicted octanol–water partition coefficient (Wildman–Crippen LogP) is 11.9. The Morgan fingerprint density at radius 2 is 1.04 bits per heavy atom. The van der Waals surface area contributed by atoms with Gasteiger partial charge in [0.05, 0.1) is 35.6 Å². The van der Waals surface area contributed by atoms with Crippen LogP contribution in [-0.2, 0) is 5.41 Å². The van der Waals surface area contributed by atoms with Gasteiger partial charge in [-0.1, -0.05) is 62.4 Å². The highest BCUT2D eigenvalue weighted by molar-refractivity contribution is 6.12. The minimum absolute atomic E-state index is 0.127. The van der Waals surface area contributed by atoms with E-state index in [0.29, 0.717) is 11.4 Å². The molecule has 0 unspecified atom stereocenters. The van der Waals surface area contributed by atoms with Gasteiger partial charge < -0.3 is 13.9 Å². The second-order valence-electron chi connectivity index (χ2n) is 12.4. The fourth-order valence-corrected chi connectivity index (χ4v) is 7.40. The van der Waals surface area contributed by atoms with Gasteiger partial charge in [-0.3, -0.25) is 0 Å². The lowest BCUT2D eigenvalue weighted by Crippen LogP contribution is -2.30. The molecule has 0 fully saturated rings. The maximum absolute atomic E-state index is 7.57. The van der Waals surface area contributed by atoms with Crippen molar-refractivity contribution in [1.82, 2.24) is 4.57 Å². The number of furan rings is 1. The van der Waals surface area contributed by atoms with E-state index in [9.17, 15) is 0 Å². The monoisotopic (exact) mass is 590 g/mol. The Morgan fingerprint density at radius 3 is 1.59 bits per heavy atom. The number of anilines is 3. The van der Waals surface area contributed by atoms with E-state index >= 15 is 0 Å². The van der Waals surface area contributed by atoms with Crippen LogP contribution >= 0.6 is 0 Å². The minimum Gasteiger partial charge on any atom is -0.456 e. The maximum Gasteiger partial charge on any atom is 0.188 e. The zero-order valence-electron chi connectivity index (χ0n) is 25.2. The van der Waals surface area contributed by atoms with Crippen molar-refractivity contribution in [2.45, 2.75) is 19.3 Å². The van der Waals surface area contributed by atoms with E-state index in [1.165, 1.54) is 22.5 Å². The maximum atomic E-state index is 7.57. The number of nitrogens with zero attached hydrogens (tertiary/aromatic N) is 4. The molecule has 2 aromatic heterocycles. The highest BCUT2D eigenvalue weighted by Gasteiger charge is 2.36. The van der Waals surface area contributed by atoms with Crippen LogP contribution in [-0.4, -0.2) is 4.57 Å². The molecule has 0 saturated heterocycles. The van der Waals surface area contributed by atoms with Crippen molar-refractivity contribution >= 4 is 72.2 Å². The Morgan fingerprint density at radius 1 is 0.543 bits per heavy atom. The predicted molar refractivity (Wildman–Crippen MR) is 187 cm³/mol. The van der Waals surface area contributed by atoms with Crippen LogP contribution in [0.4, 0.5) is 28.4 Å². The van der Waals surface area contributed by atoms with Crippen LogP contribution in [0.25, 0.3) is 59.1 Å². The molecular weight excluding hydrogens is 564 g/mol. The molecule has 0 atom stereocenters. The van der Waals surface area contributed by atoms with Gasteiger partial charge in [0.25, 0.3) is 0 Å². The molecular formula is C41H26N4O. The van der Waals surface area contributed by atoms with Crippen LogP contribution in [0.1, 0.15) is 25.0 Å². The van der Waals surface area contributed by atoms with E-state index in [0.717, 1.165) is 55.1 Å². The van der Waals surface area contributed by atoms with Crippen molar-refractivity contribution in [3.8, 4) is 5.69 Å². The lowest BCUT2D eigenvalue weighted by Gasteiger charge is -2.42. The molecule has 0 saturated carbocycles. The standard InChI is InChI=1S/C41H26N4O/c1-41(2)33-9-5-7-11-37(33)45(38-12-8-6-10-34(38)41)28-16-20-40-32(24-28)31-23-27(15-19-39(31)46-40)44-35-17-13-25(42-3)21-29(35)30-22-26(43-4)14-18-36(30)44/h5-24H,1-2H3. The van der Waals surface area contributed by atoms with Crippen molar-refractivity contribution in [3.05, 3.63) is 155 Å². The summed E-state index contributed by atoms with van der Waals surface area (Å²) in [6.07, 6.45) is 0. The van der Waals surface area contributed by atoms with Gasteiger partial charge >= 0.3 is 0 Å². The van der Waals surface area contributed by atoms with E-state index in [4.69, 9.17) is 17.6 Å². The second-order valence-corrected chi connectivity index (χ2v) is 12.4. The lowest BCUT2D eigenvalue weighted by atomic mass is 9.73. The third kappa shape index (κ3) is 3.54. The molecule has 46 heavy (non-hydrogen) atoms. The van der Waals surface area contributed by atoms with Gasteiger partial charge in [-0.05, 0) is 94.7 Å². The Hall–Kier alpha value is -6.30. The van der Waals surface area contributed by atoms with E-state index in [1.807, 2.05) is 42.5 Å². The molecule has 6 aromatic carbocycles. The van der Waals surface area contributed by atoms with Crippen molar-refractivity contribution < 1.29 is 4.42 Å². The Labute approximate surface area is 265 Å². The number of hydrogen-bond donors (Lipinski definition) is 0. The van der Waals surface area contributed by atoms with Crippen LogP contribution in [0.2, 0.25) is 0 Å². The van der Waals surface area contributed by atoms with Gasteiger partial charge in [0, 0.05) is 27.6 Å². The first-order valence-electron chi connectivity index (χ1n) is 15.3. The average Bonchev–Trinajstić information content (AvgIpc) is 3.62. The molecule has 0 radical (unpaired) electrons.